The number of anilines is 2. The van der Waals surface area contributed by atoms with Gasteiger partial charge in [-0.05, 0) is 104 Å². The summed E-state index contributed by atoms with van der Waals surface area (Å²) in [6.07, 6.45) is 5.21. The Morgan fingerprint density at radius 3 is 2.46 bits per heavy atom. The number of benzene rings is 4. The number of phenols is 1. The van der Waals surface area contributed by atoms with Crippen molar-refractivity contribution in [1.29, 1.82) is 0 Å². The summed E-state index contributed by atoms with van der Waals surface area (Å²) in [6.45, 7) is 5.10. The van der Waals surface area contributed by atoms with Crippen LogP contribution in [0.2, 0.25) is 0 Å². The van der Waals surface area contributed by atoms with Gasteiger partial charge in [-0.15, -0.1) is 12.4 Å². The van der Waals surface area contributed by atoms with Gasteiger partial charge in [-0.2, -0.15) is 5.10 Å². The van der Waals surface area contributed by atoms with E-state index < -0.39 is 0 Å². The lowest BCUT2D eigenvalue weighted by molar-refractivity contribution is 0.0193. The fourth-order valence-electron chi connectivity index (χ4n) is 8.75. The minimum Gasteiger partial charge on any atom is -0.508 e. The van der Waals surface area contributed by atoms with Crippen LogP contribution in [-0.4, -0.2) is 87.1 Å². The Labute approximate surface area is 338 Å². The van der Waals surface area contributed by atoms with Crippen molar-refractivity contribution in [3.63, 3.8) is 0 Å². The van der Waals surface area contributed by atoms with Gasteiger partial charge in [0.2, 0.25) is 0 Å². The second-order valence-electron chi connectivity index (χ2n) is 15.1. The van der Waals surface area contributed by atoms with Crippen molar-refractivity contribution in [3.05, 3.63) is 125 Å². The lowest BCUT2D eigenvalue weighted by Crippen LogP contribution is -2.52. The van der Waals surface area contributed by atoms with Gasteiger partial charge in [-0.3, -0.25) is 24.1 Å². The molecule has 0 unspecified atom stereocenters. The number of amides is 2. The molecule has 12 heteroatoms. The number of morpholine rings is 1. The van der Waals surface area contributed by atoms with Crippen LogP contribution in [0.4, 0.5) is 11.4 Å². The molecule has 0 radical (unpaired) electrons. The van der Waals surface area contributed by atoms with Crippen molar-refractivity contribution >= 4 is 46.5 Å². The molecule has 0 bridgehead atoms. The summed E-state index contributed by atoms with van der Waals surface area (Å²) in [6, 6.07) is 28.7. The zero-order valence-corrected chi connectivity index (χ0v) is 33.1. The van der Waals surface area contributed by atoms with Crippen LogP contribution >= 0.6 is 12.4 Å². The third kappa shape index (κ3) is 7.27. The fourth-order valence-corrected chi connectivity index (χ4v) is 8.75. The lowest BCUT2D eigenvalue weighted by Gasteiger charge is -2.40. The van der Waals surface area contributed by atoms with Gasteiger partial charge in [0.05, 0.1) is 43.3 Å². The van der Waals surface area contributed by atoms with Crippen molar-refractivity contribution in [2.24, 2.45) is 7.05 Å². The molecule has 6 aromatic rings. The number of ether oxygens (including phenoxy) is 2. The monoisotopic (exact) mass is 786 g/mol. The number of nitrogens with zero attached hydrogens (tertiary/aromatic N) is 6. The molecule has 4 aromatic carbocycles. The Morgan fingerprint density at radius 1 is 0.895 bits per heavy atom. The number of hydrogen-bond acceptors (Lipinski definition) is 7. The highest BCUT2D eigenvalue weighted by molar-refractivity contribution is 6.13. The first-order valence-corrected chi connectivity index (χ1v) is 19.5. The van der Waals surface area contributed by atoms with E-state index in [1.165, 1.54) is 11.1 Å². The smallest absolute Gasteiger partial charge is 0.264 e. The van der Waals surface area contributed by atoms with E-state index in [9.17, 15) is 5.11 Å². The standard InChI is InChI=1S/C45H46N6O5.ClH/c1-47-41-17-12-34(24-32(41)27-46-47)51(33-10-13-36(52)14-11-33)45(54)40-26-43(49-18-6-5-9-42(40)49)39-25-37(55-2)15-16-38(39)44(53)50-28-31-8-4-3-7-30(31)23-35(50)29-48-19-21-56-22-20-48;/h3-4,7-8,10-17,24-27,35,52H,5-6,9,18-23,28-29H2,1-2H3;1H/t35-;/m0./s1. The van der Waals surface area contributed by atoms with Crippen molar-refractivity contribution in [1.82, 2.24) is 24.1 Å². The molecule has 57 heavy (non-hydrogen) atoms. The maximum absolute atomic E-state index is 15.1. The average molecular weight is 787 g/mol. The lowest BCUT2D eigenvalue weighted by atomic mass is 9.92. The predicted molar refractivity (Wildman–Crippen MR) is 223 cm³/mol. The van der Waals surface area contributed by atoms with Crippen LogP contribution in [0.3, 0.4) is 0 Å². The second-order valence-corrected chi connectivity index (χ2v) is 15.1. The predicted octanol–water partition coefficient (Wildman–Crippen LogP) is 7.39. The molecule has 3 aliphatic rings. The average Bonchev–Trinajstić information content (AvgIpc) is 3.81. The van der Waals surface area contributed by atoms with Crippen LogP contribution < -0.4 is 9.64 Å². The number of fused-ring (bicyclic) bond motifs is 3. The minimum absolute atomic E-state index is 0. The molecule has 3 aliphatic heterocycles. The maximum atomic E-state index is 15.1. The Kier molecular flexibility index (Phi) is 10.8. The normalized spacial score (nSPS) is 16.7. The summed E-state index contributed by atoms with van der Waals surface area (Å²) in [5.74, 6) is 0.530. The molecule has 294 valence electrons. The van der Waals surface area contributed by atoms with Gasteiger partial charge >= 0.3 is 0 Å². The van der Waals surface area contributed by atoms with E-state index in [0.717, 1.165) is 79.7 Å². The third-order valence-corrected chi connectivity index (χ3v) is 11.7. The molecule has 1 atom stereocenters. The zero-order valence-electron chi connectivity index (χ0n) is 32.3. The molecule has 2 aromatic heterocycles. The van der Waals surface area contributed by atoms with E-state index in [2.05, 4.69) is 37.7 Å². The van der Waals surface area contributed by atoms with Crippen LogP contribution in [0.1, 0.15) is 50.4 Å². The summed E-state index contributed by atoms with van der Waals surface area (Å²) in [5, 5.41) is 15.5. The topological polar surface area (TPSA) is 105 Å². The summed E-state index contributed by atoms with van der Waals surface area (Å²) < 4.78 is 15.5. The molecular formula is C45H47ClN6O5. The Bertz CT molecular complexity index is 2440. The van der Waals surface area contributed by atoms with Crippen molar-refractivity contribution < 1.29 is 24.2 Å². The Morgan fingerprint density at radius 2 is 1.67 bits per heavy atom. The minimum atomic E-state index is -0.190. The first-order chi connectivity index (χ1) is 27.4. The number of halogens is 1. The number of aryl methyl sites for hydroxylation is 1. The van der Waals surface area contributed by atoms with E-state index in [1.807, 2.05) is 60.3 Å². The van der Waals surface area contributed by atoms with Crippen LogP contribution in [0, 0.1) is 0 Å². The molecule has 5 heterocycles. The SMILES string of the molecule is COc1ccc(C(=O)N2Cc3ccccc3C[C@H]2CN2CCOCC2)c(-c2cc(C(=O)N(c3ccc(O)cc3)c3ccc4c(cnn4C)c3)c3n2CCCC3)c1.Cl. The van der Waals surface area contributed by atoms with Crippen LogP contribution in [0.5, 0.6) is 11.5 Å². The molecule has 2 amide bonds. The summed E-state index contributed by atoms with van der Waals surface area (Å²) >= 11 is 0. The van der Waals surface area contributed by atoms with Crippen molar-refractivity contribution in [2.75, 3.05) is 44.9 Å². The molecule has 11 nitrogen and oxygen atoms in total. The van der Waals surface area contributed by atoms with E-state index in [0.29, 0.717) is 48.0 Å². The molecule has 0 saturated carbocycles. The van der Waals surface area contributed by atoms with Gasteiger partial charge in [0.25, 0.3) is 11.8 Å². The van der Waals surface area contributed by atoms with Crippen molar-refractivity contribution in [3.8, 4) is 22.8 Å². The van der Waals surface area contributed by atoms with E-state index in [1.54, 1.807) is 42.5 Å². The van der Waals surface area contributed by atoms with Crippen LogP contribution in [0.15, 0.2) is 97.2 Å². The number of carbonyl (C=O) groups is 2. The maximum Gasteiger partial charge on any atom is 0.264 e. The zero-order chi connectivity index (χ0) is 38.3. The van der Waals surface area contributed by atoms with Crippen LogP contribution in [-0.2, 0) is 37.7 Å². The Hall–Kier alpha value is -5.62. The van der Waals surface area contributed by atoms with Gasteiger partial charge in [0, 0.05) is 79.4 Å². The Balaban J connectivity index is 0.00000455. The van der Waals surface area contributed by atoms with Gasteiger partial charge < -0.3 is 24.0 Å². The number of phenolic OH excluding ortho intramolecular Hbond substituents is 1. The number of aromatic hydroxyl groups is 1. The quantitative estimate of drug-likeness (QED) is 0.172. The molecule has 1 saturated heterocycles. The largest absolute Gasteiger partial charge is 0.508 e. The van der Waals surface area contributed by atoms with E-state index in [4.69, 9.17) is 9.47 Å². The molecule has 1 fully saturated rings. The molecular weight excluding hydrogens is 740 g/mol. The summed E-state index contributed by atoms with van der Waals surface area (Å²) in [7, 11) is 3.53. The first-order valence-electron chi connectivity index (χ1n) is 19.5. The van der Waals surface area contributed by atoms with E-state index in [-0.39, 0.29) is 36.0 Å². The highest BCUT2D eigenvalue weighted by atomic mass is 35.5. The molecule has 0 aliphatic carbocycles. The van der Waals surface area contributed by atoms with Gasteiger partial charge in [0.1, 0.15) is 11.5 Å². The number of methoxy groups -OCH3 is 1. The summed E-state index contributed by atoms with van der Waals surface area (Å²) in [5.41, 5.74) is 8.40. The van der Waals surface area contributed by atoms with Gasteiger partial charge in [-0.1, -0.05) is 24.3 Å². The molecule has 0 spiro atoms. The first kappa shape index (κ1) is 38.3. The van der Waals surface area contributed by atoms with Gasteiger partial charge in [-0.25, -0.2) is 0 Å². The number of aromatic nitrogens is 3. The highest BCUT2D eigenvalue weighted by Gasteiger charge is 2.35. The number of carbonyl (C=O) groups excluding carboxylic acids is 2. The fraction of sp³-hybridized carbons (Fsp3) is 0.311. The second kappa shape index (κ2) is 16.1. The van der Waals surface area contributed by atoms with Crippen LogP contribution in [0.25, 0.3) is 22.2 Å². The molecule has 1 N–H and O–H groups in total. The third-order valence-electron chi connectivity index (χ3n) is 11.7. The number of rotatable bonds is 8. The summed E-state index contributed by atoms with van der Waals surface area (Å²) in [4.78, 5) is 36.4. The van der Waals surface area contributed by atoms with E-state index >= 15 is 9.59 Å². The molecule has 9 rings (SSSR count). The highest BCUT2D eigenvalue weighted by Crippen LogP contribution is 2.39. The number of hydrogen-bond donors (Lipinski definition) is 1. The van der Waals surface area contributed by atoms with Crippen molar-refractivity contribution in [2.45, 2.75) is 44.8 Å². The van der Waals surface area contributed by atoms with Gasteiger partial charge in [0.15, 0.2) is 0 Å².